The molecular formula is C24H21NO6. The van der Waals surface area contributed by atoms with Crippen LogP contribution in [0.3, 0.4) is 0 Å². The van der Waals surface area contributed by atoms with Crippen LogP contribution in [0.2, 0.25) is 0 Å². The first kappa shape index (κ1) is 21.7. The van der Waals surface area contributed by atoms with Gasteiger partial charge in [0.1, 0.15) is 11.5 Å². The third-order valence-corrected chi connectivity index (χ3v) is 4.53. The molecule has 3 rings (SSSR count). The second-order valence-corrected chi connectivity index (χ2v) is 6.54. The lowest BCUT2D eigenvalue weighted by atomic mass is 9.99. The number of hydrogen-bond donors (Lipinski definition) is 0. The van der Waals surface area contributed by atoms with Crippen molar-refractivity contribution in [3.8, 4) is 22.6 Å². The van der Waals surface area contributed by atoms with Crippen LogP contribution in [-0.4, -0.2) is 31.7 Å². The number of hydrogen-bond acceptors (Lipinski definition) is 6. The quantitative estimate of drug-likeness (QED) is 0.157. The predicted molar refractivity (Wildman–Crippen MR) is 117 cm³/mol. The van der Waals surface area contributed by atoms with E-state index >= 15 is 0 Å². The molecule has 7 nitrogen and oxygen atoms in total. The van der Waals surface area contributed by atoms with Crippen molar-refractivity contribution in [3.05, 3.63) is 94.0 Å². The second kappa shape index (κ2) is 10.2. The summed E-state index contributed by atoms with van der Waals surface area (Å²) in [6, 6.07) is 18.8. The van der Waals surface area contributed by atoms with Crippen LogP contribution in [0.25, 0.3) is 17.2 Å². The number of ketones is 1. The van der Waals surface area contributed by atoms with E-state index in [-0.39, 0.29) is 18.3 Å². The number of nitro groups is 1. The lowest BCUT2D eigenvalue weighted by Crippen LogP contribution is -2.05. The third-order valence-electron chi connectivity index (χ3n) is 4.53. The van der Waals surface area contributed by atoms with E-state index in [1.54, 1.807) is 37.5 Å². The van der Waals surface area contributed by atoms with Crippen molar-refractivity contribution in [1.29, 1.82) is 0 Å². The minimum absolute atomic E-state index is 0.00816. The highest BCUT2D eigenvalue weighted by Gasteiger charge is 2.13. The molecule has 0 aliphatic carbocycles. The van der Waals surface area contributed by atoms with Gasteiger partial charge in [-0.1, -0.05) is 24.3 Å². The zero-order valence-corrected chi connectivity index (χ0v) is 17.1. The van der Waals surface area contributed by atoms with E-state index in [4.69, 9.17) is 14.2 Å². The summed E-state index contributed by atoms with van der Waals surface area (Å²) in [7, 11) is 3.10. The molecule has 0 heterocycles. The van der Waals surface area contributed by atoms with Crippen molar-refractivity contribution in [3.63, 3.8) is 0 Å². The Balaban J connectivity index is 1.89. The summed E-state index contributed by atoms with van der Waals surface area (Å²) in [5.74, 6) is 0.878. The zero-order chi connectivity index (χ0) is 22.2. The van der Waals surface area contributed by atoms with E-state index in [2.05, 4.69) is 0 Å². The molecule has 7 heteroatoms. The van der Waals surface area contributed by atoms with Gasteiger partial charge in [0.25, 0.3) is 5.69 Å². The van der Waals surface area contributed by atoms with Gasteiger partial charge in [-0.15, -0.1) is 0 Å². The molecule has 0 aliphatic rings. The standard InChI is InChI=1S/C24H21NO6/c1-29-16-31-24-14-8-19(18-6-11-21(30-2)12-7-18)15-22(24)23(26)13-5-17-3-9-20(10-4-17)25(27)28/h3-15H,16H2,1-2H3. The number of nitro benzene ring substituents is 1. The maximum atomic E-state index is 12.9. The first-order valence-corrected chi connectivity index (χ1v) is 9.39. The summed E-state index contributed by atoms with van der Waals surface area (Å²) < 4.78 is 15.7. The van der Waals surface area contributed by atoms with E-state index < -0.39 is 4.92 Å². The first-order chi connectivity index (χ1) is 15.0. The lowest BCUT2D eigenvalue weighted by Gasteiger charge is -2.11. The summed E-state index contributed by atoms with van der Waals surface area (Å²) in [6.07, 6.45) is 3.01. The Morgan fingerprint density at radius 1 is 0.968 bits per heavy atom. The fourth-order valence-electron chi connectivity index (χ4n) is 2.90. The average Bonchev–Trinajstić information content (AvgIpc) is 2.81. The fraction of sp³-hybridized carbons (Fsp3) is 0.125. The van der Waals surface area contributed by atoms with Gasteiger partial charge in [-0.05, 0) is 59.2 Å². The molecule has 3 aromatic carbocycles. The second-order valence-electron chi connectivity index (χ2n) is 6.54. The number of nitrogens with zero attached hydrogens (tertiary/aromatic N) is 1. The van der Waals surface area contributed by atoms with Crippen LogP contribution >= 0.6 is 0 Å². The highest BCUT2D eigenvalue weighted by Crippen LogP contribution is 2.29. The molecule has 0 aliphatic heterocycles. The Kier molecular flexibility index (Phi) is 7.13. The highest BCUT2D eigenvalue weighted by atomic mass is 16.7. The molecule has 3 aromatic rings. The van der Waals surface area contributed by atoms with Gasteiger partial charge < -0.3 is 14.2 Å². The molecule has 0 saturated carbocycles. The highest BCUT2D eigenvalue weighted by molar-refractivity contribution is 6.09. The summed E-state index contributed by atoms with van der Waals surface area (Å²) in [5, 5.41) is 10.8. The number of carbonyl (C=O) groups excluding carboxylic acids is 1. The number of carbonyl (C=O) groups is 1. The van der Waals surface area contributed by atoms with Crippen molar-refractivity contribution in [1.82, 2.24) is 0 Å². The Morgan fingerprint density at radius 3 is 2.26 bits per heavy atom. The van der Waals surface area contributed by atoms with Crippen LogP contribution < -0.4 is 9.47 Å². The molecule has 158 valence electrons. The molecule has 0 fully saturated rings. The van der Waals surface area contributed by atoms with Crippen molar-refractivity contribution in [2.45, 2.75) is 0 Å². The van der Waals surface area contributed by atoms with Gasteiger partial charge in [0, 0.05) is 19.2 Å². The van der Waals surface area contributed by atoms with Crippen LogP contribution in [0.4, 0.5) is 5.69 Å². The minimum atomic E-state index is -0.470. The topological polar surface area (TPSA) is 87.9 Å². The van der Waals surface area contributed by atoms with Crippen LogP contribution in [0.5, 0.6) is 11.5 Å². The lowest BCUT2D eigenvalue weighted by molar-refractivity contribution is -0.384. The summed E-state index contributed by atoms with van der Waals surface area (Å²) in [4.78, 5) is 23.2. The van der Waals surface area contributed by atoms with E-state index in [0.717, 1.165) is 16.9 Å². The molecule has 0 N–H and O–H groups in total. The van der Waals surface area contributed by atoms with Gasteiger partial charge in [-0.3, -0.25) is 14.9 Å². The molecule has 0 radical (unpaired) electrons. The summed E-state index contributed by atoms with van der Waals surface area (Å²) in [5.41, 5.74) is 2.81. The number of ether oxygens (including phenoxy) is 3. The normalized spacial score (nSPS) is 10.8. The van der Waals surface area contributed by atoms with Crippen molar-refractivity contribution >= 4 is 17.5 Å². The smallest absolute Gasteiger partial charge is 0.269 e. The largest absolute Gasteiger partial charge is 0.497 e. The number of benzene rings is 3. The SMILES string of the molecule is COCOc1ccc(-c2ccc(OC)cc2)cc1C(=O)C=Cc1ccc([N+](=O)[O-])cc1. The number of allylic oxidation sites excluding steroid dienone is 1. The van der Waals surface area contributed by atoms with E-state index in [0.29, 0.717) is 16.9 Å². The molecule has 0 bridgehead atoms. The van der Waals surface area contributed by atoms with Crippen LogP contribution in [0.15, 0.2) is 72.8 Å². The Labute approximate surface area is 179 Å². The van der Waals surface area contributed by atoms with Gasteiger partial charge in [0.2, 0.25) is 0 Å². The Morgan fingerprint density at radius 2 is 1.65 bits per heavy atom. The van der Waals surface area contributed by atoms with Gasteiger partial charge in [-0.25, -0.2) is 0 Å². The van der Waals surface area contributed by atoms with Crippen molar-refractivity contribution in [2.75, 3.05) is 21.0 Å². The molecule has 0 spiro atoms. The van der Waals surface area contributed by atoms with Crippen molar-refractivity contribution in [2.24, 2.45) is 0 Å². The molecule has 31 heavy (non-hydrogen) atoms. The molecular weight excluding hydrogens is 398 g/mol. The number of methoxy groups -OCH3 is 2. The van der Waals surface area contributed by atoms with Gasteiger partial charge >= 0.3 is 0 Å². The number of non-ortho nitro benzene ring substituents is 1. The zero-order valence-electron chi connectivity index (χ0n) is 17.1. The first-order valence-electron chi connectivity index (χ1n) is 9.39. The van der Waals surface area contributed by atoms with Crippen LogP contribution in [0.1, 0.15) is 15.9 Å². The van der Waals surface area contributed by atoms with Gasteiger partial charge in [0.05, 0.1) is 17.6 Å². The monoisotopic (exact) mass is 419 g/mol. The molecule has 0 atom stereocenters. The average molecular weight is 419 g/mol. The summed E-state index contributed by atoms with van der Waals surface area (Å²) >= 11 is 0. The minimum Gasteiger partial charge on any atom is -0.497 e. The van der Waals surface area contributed by atoms with Crippen molar-refractivity contribution < 1.29 is 23.9 Å². The summed E-state index contributed by atoms with van der Waals surface area (Å²) in [6.45, 7) is 0.00816. The van der Waals surface area contributed by atoms with Gasteiger partial charge in [-0.2, -0.15) is 0 Å². The molecule has 0 amide bonds. The third kappa shape index (κ3) is 5.55. The Bertz CT molecular complexity index is 1090. The maximum absolute atomic E-state index is 12.9. The Hall–Kier alpha value is -3.97. The van der Waals surface area contributed by atoms with E-state index in [1.165, 1.54) is 25.3 Å². The molecule has 0 aromatic heterocycles. The molecule has 0 unspecified atom stereocenters. The predicted octanol–water partition coefficient (Wildman–Crippen LogP) is 5.15. The van der Waals surface area contributed by atoms with E-state index in [9.17, 15) is 14.9 Å². The van der Waals surface area contributed by atoms with Crippen LogP contribution in [0, 0.1) is 10.1 Å². The molecule has 0 saturated heterocycles. The fourth-order valence-corrected chi connectivity index (χ4v) is 2.90. The van der Waals surface area contributed by atoms with Gasteiger partial charge in [0.15, 0.2) is 12.6 Å². The van der Waals surface area contributed by atoms with Crippen LogP contribution in [-0.2, 0) is 4.74 Å². The number of rotatable bonds is 9. The maximum Gasteiger partial charge on any atom is 0.269 e. The van der Waals surface area contributed by atoms with E-state index in [1.807, 2.05) is 30.3 Å².